The lowest BCUT2D eigenvalue weighted by molar-refractivity contribution is 0.491. The third kappa shape index (κ3) is 2.06. The third-order valence-corrected chi connectivity index (χ3v) is 1.94. The number of rotatable bonds is 2. The van der Waals surface area contributed by atoms with Crippen molar-refractivity contribution in [3.8, 4) is 12.3 Å². The van der Waals surface area contributed by atoms with Crippen molar-refractivity contribution in [3.05, 3.63) is 35.4 Å². The van der Waals surface area contributed by atoms with E-state index in [0.29, 0.717) is 12.0 Å². The Kier molecular flexibility index (Phi) is 3.02. The van der Waals surface area contributed by atoms with Crippen LogP contribution < -0.4 is 0 Å². The van der Waals surface area contributed by atoms with Gasteiger partial charge < -0.3 is 0 Å². The third-order valence-electron chi connectivity index (χ3n) is 1.94. The lowest BCUT2D eigenvalue weighted by Gasteiger charge is -2.09. The smallest absolute Gasteiger partial charge is 0.162 e. The zero-order valence-corrected chi connectivity index (χ0v) is 7.35. The number of terminal acetylenes is 1. The Morgan fingerprint density at radius 1 is 1.46 bits per heavy atom. The highest BCUT2D eigenvalue weighted by atomic mass is 19.2. The van der Waals surface area contributed by atoms with Crippen LogP contribution in [0.1, 0.15) is 24.8 Å². The topological polar surface area (TPSA) is 0 Å². The van der Waals surface area contributed by atoms with Crippen molar-refractivity contribution in [1.82, 2.24) is 0 Å². The normalized spacial score (nSPS) is 12.2. The lowest BCUT2D eigenvalue weighted by atomic mass is 9.97. The van der Waals surface area contributed by atoms with E-state index in [1.54, 1.807) is 13.0 Å². The Hall–Kier alpha value is -1.36. The molecule has 0 aliphatic carbocycles. The molecular weight excluding hydrogens is 170 g/mol. The first-order valence-electron chi connectivity index (χ1n) is 4.04. The second kappa shape index (κ2) is 4.04. The van der Waals surface area contributed by atoms with Gasteiger partial charge in [0.1, 0.15) is 0 Å². The Labute approximate surface area is 76.6 Å². The minimum absolute atomic E-state index is 0.138. The van der Waals surface area contributed by atoms with Gasteiger partial charge in [-0.2, -0.15) is 0 Å². The molecule has 0 radical (unpaired) electrons. The summed E-state index contributed by atoms with van der Waals surface area (Å²) in [6.45, 7) is 1.78. The molecule has 0 bridgehead atoms. The van der Waals surface area contributed by atoms with Crippen molar-refractivity contribution >= 4 is 0 Å². The lowest BCUT2D eigenvalue weighted by Crippen LogP contribution is -1.98. The maximum atomic E-state index is 13.1. The quantitative estimate of drug-likeness (QED) is 0.613. The monoisotopic (exact) mass is 180 g/mol. The molecule has 0 N–H and O–H groups in total. The van der Waals surface area contributed by atoms with Crippen LogP contribution >= 0.6 is 0 Å². The summed E-state index contributed by atoms with van der Waals surface area (Å²) in [5.74, 6) is 0.680. The fourth-order valence-corrected chi connectivity index (χ4v) is 1.19. The van der Waals surface area contributed by atoms with E-state index in [4.69, 9.17) is 6.42 Å². The predicted octanol–water partition coefficient (Wildman–Crippen LogP) is 3.09. The fraction of sp³-hybridized carbons (Fsp3) is 0.273. The molecular formula is C11H10F2. The van der Waals surface area contributed by atoms with Crippen LogP contribution in [0.2, 0.25) is 0 Å². The maximum absolute atomic E-state index is 13.1. The van der Waals surface area contributed by atoms with Gasteiger partial charge in [-0.1, -0.05) is 19.1 Å². The molecule has 1 aromatic rings. The van der Waals surface area contributed by atoms with Crippen molar-refractivity contribution in [3.63, 3.8) is 0 Å². The van der Waals surface area contributed by atoms with Gasteiger partial charge in [-0.15, -0.1) is 12.3 Å². The summed E-state index contributed by atoms with van der Waals surface area (Å²) in [5.41, 5.74) is 0.345. The zero-order valence-electron chi connectivity index (χ0n) is 7.35. The number of hydrogen-bond donors (Lipinski definition) is 0. The van der Waals surface area contributed by atoms with E-state index in [-0.39, 0.29) is 5.92 Å². The van der Waals surface area contributed by atoms with Gasteiger partial charge >= 0.3 is 0 Å². The molecule has 0 nitrogen and oxygen atoms in total. The van der Waals surface area contributed by atoms with Crippen molar-refractivity contribution < 1.29 is 8.78 Å². The second-order valence-electron chi connectivity index (χ2n) is 2.95. The summed E-state index contributed by atoms with van der Waals surface area (Å²) in [6, 6.07) is 4.14. The molecule has 1 atom stereocenters. The molecule has 0 spiro atoms. The highest BCUT2D eigenvalue weighted by molar-refractivity contribution is 5.23. The Morgan fingerprint density at radius 3 is 2.77 bits per heavy atom. The minimum atomic E-state index is -0.818. The maximum Gasteiger partial charge on any atom is 0.162 e. The van der Waals surface area contributed by atoms with E-state index in [1.165, 1.54) is 6.07 Å². The highest BCUT2D eigenvalue weighted by Crippen LogP contribution is 2.22. The van der Waals surface area contributed by atoms with Gasteiger partial charge in [-0.25, -0.2) is 8.78 Å². The summed E-state index contributed by atoms with van der Waals surface area (Å²) in [7, 11) is 0. The van der Waals surface area contributed by atoms with Crippen LogP contribution in [0.5, 0.6) is 0 Å². The minimum Gasteiger partial charge on any atom is -0.204 e. The molecule has 0 saturated carbocycles. The van der Waals surface area contributed by atoms with Gasteiger partial charge in [0.15, 0.2) is 11.6 Å². The van der Waals surface area contributed by atoms with Gasteiger partial charge in [0.2, 0.25) is 0 Å². The Bertz CT molecular complexity index is 336. The zero-order chi connectivity index (χ0) is 9.84. The van der Waals surface area contributed by atoms with E-state index in [2.05, 4.69) is 5.92 Å². The van der Waals surface area contributed by atoms with E-state index < -0.39 is 11.6 Å². The number of benzene rings is 1. The van der Waals surface area contributed by atoms with Crippen molar-refractivity contribution in [2.45, 2.75) is 19.3 Å². The average molecular weight is 180 g/mol. The Morgan fingerprint density at radius 2 is 2.15 bits per heavy atom. The second-order valence-corrected chi connectivity index (χ2v) is 2.95. The summed E-state index contributed by atoms with van der Waals surface area (Å²) in [5, 5.41) is 0. The molecule has 1 aromatic carbocycles. The van der Waals surface area contributed by atoms with Crippen molar-refractivity contribution in [1.29, 1.82) is 0 Å². The molecule has 0 aromatic heterocycles. The highest BCUT2D eigenvalue weighted by Gasteiger charge is 2.12. The van der Waals surface area contributed by atoms with E-state index in [0.717, 1.165) is 6.07 Å². The van der Waals surface area contributed by atoms with Crippen LogP contribution in [0.15, 0.2) is 18.2 Å². The SMILES string of the molecule is C#CCC(C)c1cccc(F)c1F. The van der Waals surface area contributed by atoms with Crippen molar-refractivity contribution in [2.75, 3.05) is 0 Å². The van der Waals surface area contributed by atoms with Gasteiger partial charge in [-0.05, 0) is 17.5 Å². The van der Waals surface area contributed by atoms with Crippen LogP contribution in [0, 0.1) is 24.0 Å². The first-order chi connectivity index (χ1) is 6.16. The molecule has 0 aliphatic heterocycles. The number of hydrogen-bond acceptors (Lipinski definition) is 0. The van der Waals surface area contributed by atoms with Crippen LogP contribution in [-0.2, 0) is 0 Å². The fourth-order valence-electron chi connectivity index (χ4n) is 1.19. The summed E-state index contributed by atoms with van der Waals surface area (Å²) in [6.07, 6.45) is 5.51. The molecule has 0 amide bonds. The standard InChI is InChI=1S/C11H10F2/c1-3-5-8(2)9-6-4-7-10(12)11(9)13/h1,4,6-8H,5H2,2H3. The van der Waals surface area contributed by atoms with Crippen LogP contribution in [0.25, 0.3) is 0 Å². The largest absolute Gasteiger partial charge is 0.204 e. The van der Waals surface area contributed by atoms with Crippen molar-refractivity contribution in [2.24, 2.45) is 0 Å². The van der Waals surface area contributed by atoms with Gasteiger partial charge in [0, 0.05) is 6.42 Å². The van der Waals surface area contributed by atoms with Gasteiger partial charge in [-0.3, -0.25) is 0 Å². The molecule has 0 aliphatic rings. The van der Waals surface area contributed by atoms with Gasteiger partial charge in [0.25, 0.3) is 0 Å². The summed E-state index contributed by atoms with van der Waals surface area (Å²) in [4.78, 5) is 0. The molecule has 0 heterocycles. The average Bonchev–Trinajstić information content (AvgIpc) is 2.10. The number of halogens is 2. The van der Waals surface area contributed by atoms with Crippen LogP contribution in [0.3, 0.4) is 0 Å². The van der Waals surface area contributed by atoms with Crippen LogP contribution in [0.4, 0.5) is 8.78 Å². The molecule has 68 valence electrons. The van der Waals surface area contributed by atoms with E-state index >= 15 is 0 Å². The van der Waals surface area contributed by atoms with Gasteiger partial charge in [0.05, 0.1) is 0 Å². The molecule has 13 heavy (non-hydrogen) atoms. The molecule has 0 saturated heterocycles. The summed E-state index contributed by atoms with van der Waals surface area (Å²) >= 11 is 0. The van der Waals surface area contributed by atoms with E-state index in [1.807, 2.05) is 0 Å². The first kappa shape index (κ1) is 9.73. The summed E-state index contributed by atoms with van der Waals surface area (Å²) < 4.78 is 25.9. The molecule has 0 fully saturated rings. The molecule has 1 unspecified atom stereocenters. The first-order valence-corrected chi connectivity index (χ1v) is 4.04. The van der Waals surface area contributed by atoms with Crippen LogP contribution in [-0.4, -0.2) is 0 Å². The van der Waals surface area contributed by atoms with E-state index in [9.17, 15) is 8.78 Å². The molecule has 1 rings (SSSR count). The molecule has 2 heteroatoms. The predicted molar refractivity (Wildman–Crippen MR) is 48.2 cm³/mol. The Balaban J connectivity index is 3.02.